The number of carbonyl (C=O) groups excluding carboxylic acids is 1. The number of carboxylic acid groups (broad SMARTS) is 1. The van der Waals surface area contributed by atoms with Crippen molar-refractivity contribution in [3.63, 3.8) is 0 Å². The second-order valence-electron chi connectivity index (χ2n) is 8.01. The number of aromatic nitrogens is 1. The van der Waals surface area contributed by atoms with Crippen LogP contribution in [0.2, 0.25) is 10.0 Å². The lowest BCUT2D eigenvalue weighted by molar-refractivity contribution is -0.146. The zero-order valence-corrected chi connectivity index (χ0v) is 19.8. The normalized spacial score (nSPS) is 23.7. The number of amides is 1. The van der Waals surface area contributed by atoms with E-state index in [1.165, 1.54) is 0 Å². The van der Waals surface area contributed by atoms with Crippen LogP contribution in [0.4, 0.5) is 5.69 Å². The molecule has 2 aliphatic rings. The van der Waals surface area contributed by atoms with Gasteiger partial charge in [0, 0.05) is 21.5 Å². The Hall–Kier alpha value is -2.06. The molecular weight excluding hydrogens is 487 g/mol. The van der Waals surface area contributed by atoms with E-state index >= 15 is 0 Å². The number of nitrogens with one attached hydrogen (secondary N) is 1. The molecule has 1 heterocycles. The number of carboxylic acids is 1. The van der Waals surface area contributed by atoms with Crippen LogP contribution in [0, 0.1) is 23.7 Å². The van der Waals surface area contributed by atoms with Crippen LogP contribution < -0.4 is 5.32 Å². The lowest BCUT2D eigenvalue weighted by atomic mass is 9.82. The first-order valence-corrected chi connectivity index (χ1v) is 12.6. The number of rotatable bonds is 6. The molecule has 0 unspecified atom stereocenters. The molecule has 2 N–H and O–H groups in total. The van der Waals surface area contributed by atoms with Gasteiger partial charge in [0.1, 0.15) is 0 Å². The molecule has 4 atom stereocenters. The van der Waals surface area contributed by atoms with Crippen LogP contribution in [0.5, 0.6) is 0 Å². The van der Waals surface area contributed by atoms with Gasteiger partial charge in [-0.2, -0.15) is 0 Å². The number of carbonyl (C=O) groups is 2. The number of nitrogens with zero attached hydrogens (tertiary/aromatic N) is 1. The Morgan fingerprint density at radius 3 is 2.66 bits per heavy atom. The van der Waals surface area contributed by atoms with Crippen molar-refractivity contribution in [2.24, 2.45) is 23.7 Å². The summed E-state index contributed by atoms with van der Waals surface area (Å²) < 4.78 is 1.86. The van der Waals surface area contributed by atoms with Crippen molar-refractivity contribution < 1.29 is 14.7 Å². The predicted octanol–water partition coefficient (Wildman–Crippen LogP) is 6.36. The molecule has 164 valence electrons. The van der Waals surface area contributed by atoms with Crippen LogP contribution in [-0.2, 0) is 15.3 Å². The molecule has 0 saturated heterocycles. The number of thiazole rings is 1. The largest absolute Gasteiger partial charge is 0.481 e. The van der Waals surface area contributed by atoms with Gasteiger partial charge < -0.3 is 10.4 Å². The van der Waals surface area contributed by atoms with Gasteiger partial charge in [-0.3, -0.25) is 9.59 Å². The summed E-state index contributed by atoms with van der Waals surface area (Å²) in [5, 5.41) is 13.8. The van der Waals surface area contributed by atoms with Crippen molar-refractivity contribution in [3.05, 3.63) is 64.2 Å². The van der Waals surface area contributed by atoms with Gasteiger partial charge in [-0.1, -0.05) is 53.2 Å². The second kappa shape index (κ2) is 8.71. The predicted molar refractivity (Wildman–Crippen MR) is 130 cm³/mol. The SMILES string of the molecule is O=C(O)[C@@H]1[C@@H](C(=O)Nc2ccc3nc(SCc4ccc(Cl)cc4Cl)sc3c2)[C@H]2C=C[C@H]1C2. The standard InChI is InChI=1S/C23H18Cl2N2O3S2/c24-14-4-3-13(16(25)8-14)10-31-23-27-17-6-5-15(9-18(17)32-23)26-21(28)19-11-1-2-12(7-11)20(19)22(29)30/h1-6,8-9,11-12,19-20H,7,10H2,(H,26,28)(H,29,30)/t11-,12-,19-,20-/m0/s1. The summed E-state index contributed by atoms with van der Waals surface area (Å²) >= 11 is 15.3. The Kier molecular flexibility index (Phi) is 5.92. The molecule has 0 spiro atoms. The van der Waals surface area contributed by atoms with Crippen LogP contribution in [-0.4, -0.2) is 22.0 Å². The number of anilines is 1. The summed E-state index contributed by atoms with van der Waals surface area (Å²) in [5.74, 6) is -1.70. The molecule has 2 aromatic carbocycles. The summed E-state index contributed by atoms with van der Waals surface area (Å²) in [6.07, 6.45) is 4.66. The van der Waals surface area contributed by atoms with E-state index in [2.05, 4.69) is 10.3 Å². The van der Waals surface area contributed by atoms with Gasteiger partial charge >= 0.3 is 5.97 Å². The van der Waals surface area contributed by atoms with Crippen LogP contribution in [0.25, 0.3) is 10.2 Å². The molecule has 1 amide bonds. The molecular formula is C23H18Cl2N2O3S2. The van der Waals surface area contributed by atoms with Crippen LogP contribution in [0.15, 0.2) is 52.9 Å². The molecule has 2 aliphatic carbocycles. The molecule has 1 saturated carbocycles. The molecule has 1 fully saturated rings. The molecule has 2 bridgehead atoms. The van der Waals surface area contributed by atoms with Crippen molar-refractivity contribution in [1.29, 1.82) is 0 Å². The summed E-state index contributed by atoms with van der Waals surface area (Å²) in [7, 11) is 0. The van der Waals surface area contributed by atoms with Gasteiger partial charge in [-0.25, -0.2) is 4.98 Å². The lowest BCUT2D eigenvalue weighted by Crippen LogP contribution is -2.36. The highest BCUT2D eigenvalue weighted by molar-refractivity contribution is 8.00. The van der Waals surface area contributed by atoms with Crippen molar-refractivity contribution in [2.75, 3.05) is 5.32 Å². The molecule has 9 heteroatoms. The first kappa shape index (κ1) is 21.8. The first-order valence-electron chi connectivity index (χ1n) is 10.1. The maximum absolute atomic E-state index is 12.9. The number of thioether (sulfide) groups is 1. The fourth-order valence-corrected chi connectivity index (χ4v) is 7.23. The molecule has 5 nitrogen and oxygen atoms in total. The third kappa shape index (κ3) is 4.15. The quantitative estimate of drug-likeness (QED) is 0.301. The fraction of sp³-hybridized carbons (Fsp3) is 0.261. The van der Waals surface area contributed by atoms with E-state index in [0.29, 0.717) is 21.5 Å². The monoisotopic (exact) mass is 504 g/mol. The van der Waals surface area contributed by atoms with Gasteiger partial charge in [0.25, 0.3) is 0 Å². The maximum atomic E-state index is 12.9. The highest BCUT2D eigenvalue weighted by atomic mass is 35.5. The molecule has 1 aromatic heterocycles. The number of aliphatic carboxylic acids is 1. The van der Waals surface area contributed by atoms with Gasteiger partial charge in [0.15, 0.2) is 4.34 Å². The van der Waals surface area contributed by atoms with E-state index < -0.39 is 17.8 Å². The summed E-state index contributed by atoms with van der Waals surface area (Å²) in [6.45, 7) is 0. The van der Waals surface area contributed by atoms with Crippen LogP contribution in [0.3, 0.4) is 0 Å². The van der Waals surface area contributed by atoms with Gasteiger partial charge in [-0.15, -0.1) is 11.3 Å². The summed E-state index contributed by atoms with van der Waals surface area (Å²) in [6, 6.07) is 11.0. The Bertz CT molecular complexity index is 1260. The first-order chi connectivity index (χ1) is 15.4. The van der Waals surface area contributed by atoms with E-state index in [0.717, 1.165) is 26.5 Å². The molecule has 5 rings (SSSR count). The third-order valence-electron chi connectivity index (χ3n) is 6.05. The number of allylic oxidation sites excluding steroid dienone is 2. The van der Waals surface area contributed by atoms with Crippen molar-refractivity contribution >= 4 is 74.1 Å². The average Bonchev–Trinajstić information content (AvgIpc) is 3.46. The number of benzene rings is 2. The lowest BCUT2D eigenvalue weighted by Gasteiger charge is -2.23. The van der Waals surface area contributed by atoms with Crippen LogP contribution >= 0.6 is 46.3 Å². The minimum Gasteiger partial charge on any atom is -0.481 e. The molecule has 0 aliphatic heterocycles. The van der Waals surface area contributed by atoms with Gasteiger partial charge in [0.2, 0.25) is 5.91 Å². The highest BCUT2D eigenvalue weighted by Crippen LogP contribution is 2.48. The Balaban J connectivity index is 1.29. The maximum Gasteiger partial charge on any atom is 0.307 e. The van der Waals surface area contributed by atoms with Crippen LogP contribution in [0.1, 0.15) is 12.0 Å². The number of halogens is 2. The van der Waals surface area contributed by atoms with E-state index in [-0.39, 0.29) is 17.7 Å². The fourth-order valence-electron chi connectivity index (χ4n) is 4.56. The Morgan fingerprint density at radius 1 is 1.12 bits per heavy atom. The van der Waals surface area contributed by atoms with E-state index in [1.807, 2.05) is 42.5 Å². The van der Waals surface area contributed by atoms with E-state index in [9.17, 15) is 14.7 Å². The van der Waals surface area contributed by atoms with Gasteiger partial charge in [-0.05, 0) is 54.2 Å². The second-order valence-corrected chi connectivity index (χ2v) is 11.1. The van der Waals surface area contributed by atoms with Crippen molar-refractivity contribution in [2.45, 2.75) is 16.5 Å². The minimum absolute atomic E-state index is 0.00377. The number of hydrogen-bond acceptors (Lipinski definition) is 5. The van der Waals surface area contributed by atoms with E-state index in [1.54, 1.807) is 29.2 Å². The number of fused-ring (bicyclic) bond motifs is 3. The Labute approximate surface area is 202 Å². The van der Waals surface area contributed by atoms with Gasteiger partial charge in [0.05, 0.1) is 22.1 Å². The highest BCUT2D eigenvalue weighted by Gasteiger charge is 2.51. The molecule has 32 heavy (non-hydrogen) atoms. The topological polar surface area (TPSA) is 79.3 Å². The minimum atomic E-state index is -0.901. The molecule has 0 radical (unpaired) electrons. The third-order valence-corrected chi connectivity index (χ3v) is 8.85. The van der Waals surface area contributed by atoms with Crippen molar-refractivity contribution in [1.82, 2.24) is 4.98 Å². The molecule has 3 aromatic rings. The zero-order valence-electron chi connectivity index (χ0n) is 16.6. The van der Waals surface area contributed by atoms with Crippen molar-refractivity contribution in [3.8, 4) is 0 Å². The zero-order chi connectivity index (χ0) is 22.4. The average molecular weight is 505 g/mol. The summed E-state index contributed by atoms with van der Waals surface area (Å²) in [5.41, 5.74) is 2.49. The smallest absolute Gasteiger partial charge is 0.307 e. The Morgan fingerprint density at radius 2 is 1.91 bits per heavy atom. The number of hydrogen-bond donors (Lipinski definition) is 2. The van der Waals surface area contributed by atoms with E-state index in [4.69, 9.17) is 23.2 Å². The summed E-state index contributed by atoms with van der Waals surface area (Å²) in [4.78, 5) is 29.3.